The van der Waals surface area contributed by atoms with E-state index in [9.17, 15) is 14.9 Å². The van der Waals surface area contributed by atoms with Gasteiger partial charge in [-0.1, -0.05) is 13.8 Å². The number of aromatic nitrogens is 2. The van der Waals surface area contributed by atoms with Crippen LogP contribution in [0.1, 0.15) is 13.8 Å². The number of rotatable bonds is 6. The molecule has 0 aliphatic carbocycles. The highest BCUT2D eigenvalue weighted by molar-refractivity contribution is 5.74. The first-order valence-electron chi connectivity index (χ1n) is 5.06. The molecule has 0 aliphatic rings. The Morgan fingerprint density at radius 2 is 2.41 bits per heavy atom. The van der Waals surface area contributed by atoms with E-state index in [1.807, 2.05) is 13.8 Å². The van der Waals surface area contributed by atoms with E-state index in [2.05, 4.69) is 10.6 Å². The topological polar surface area (TPSA) is 99.3 Å². The SMILES string of the molecule is CC(C)CONC(=O)Cn1cc([N+](=O)[O-])cn1. The van der Waals surface area contributed by atoms with Gasteiger partial charge in [0, 0.05) is 0 Å². The van der Waals surface area contributed by atoms with Gasteiger partial charge in [-0.25, -0.2) is 5.48 Å². The van der Waals surface area contributed by atoms with Crippen molar-refractivity contribution in [1.82, 2.24) is 15.3 Å². The van der Waals surface area contributed by atoms with Crippen molar-refractivity contribution in [3.63, 3.8) is 0 Å². The van der Waals surface area contributed by atoms with Gasteiger partial charge in [0.1, 0.15) is 18.9 Å². The van der Waals surface area contributed by atoms with E-state index in [4.69, 9.17) is 4.84 Å². The summed E-state index contributed by atoms with van der Waals surface area (Å²) in [5.74, 6) is -0.107. The maximum Gasteiger partial charge on any atom is 0.307 e. The molecule has 1 aromatic heterocycles. The second-order valence-electron chi connectivity index (χ2n) is 3.88. The van der Waals surface area contributed by atoms with Crippen LogP contribution in [0.2, 0.25) is 0 Å². The summed E-state index contributed by atoms with van der Waals surface area (Å²) >= 11 is 0. The third kappa shape index (κ3) is 4.60. The highest BCUT2D eigenvalue weighted by Gasteiger charge is 2.11. The van der Waals surface area contributed by atoms with E-state index >= 15 is 0 Å². The minimum absolute atomic E-state index is 0.119. The van der Waals surface area contributed by atoms with E-state index in [-0.39, 0.29) is 12.2 Å². The van der Waals surface area contributed by atoms with Gasteiger partial charge in [0.05, 0.1) is 11.5 Å². The van der Waals surface area contributed by atoms with Crippen molar-refractivity contribution in [1.29, 1.82) is 0 Å². The summed E-state index contributed by atoms with van der Waals surface area (Å²) in [6.07, 6.45) is 2.27. The van der Waals surface area contributed by atoms with E-state index < -0.39 is 10.8 Å². The lowest BCUT2D eigenvalue weighted by Gasteiger charge is -2.07. The number of carbonyl (C=O) groups is 1. The number of hydrogen-bond donors (Lipinski definition) is 1. The molecule has 1 aromatic rings. The normalized spacial score (nSPS) is 10.5. The lowest BCUT2D eigenvalue weighted by molar-refractivity contribution is -0.385. The zero-order valence-corrected chi connectivity index (χ0v) is 9.62. The molecule has 0 saturated carbocycles. The van der Waals surface area contributed by atoms with E-state index in [0.29, 0.717) is 12.5 Å². The van der Waals surface area contributed by atoms with E-state index in [1.54, 1.807) is 0 Å². The van der Waals surface area contributed by atoms with Gasteiger partial charge in [-0.2, -0.15) is 5.10 Å². The summed E-state index contributed by atoms with van der Waals surface area (Å²) in [6, 6.07) is 0. The fourth-order valence-corrected chi connectivity index (χ4v) is 1.00. The van der Waals surface area contributed by atoms with Crippen LogP contribution >= 0.6 is 0 Å². The summed E-state index contributed by atoms with van der Waals surface area (Å²) in [5, 5.41) is 14.1. The number of hydrogen-bond acceptors (Lipinski definition) is 5. The highest BCUT2D eigenvalue weighted by atomic mass is 16.7. The van der Waals surface area contributed by atoms with Crippen molar-refractivity contribution in [2.24, 2.45) is 5.92 Å². The van der Waals surface area contributed by atoms with Crippen molar-refractivity contribution in [2.75, 3.05) is 6.61 Å². The summed E-state index contributed by atoms with van der Waals surface area (Å²) in [4.78, 5) is 26.0. The molecular weight excluding hydrogens is 228 g/mol. The molecule has 0 unspecified atom stereocenters. The molecule has 0 aromatic carbocycles. The number of amides is 1. The first-order chi connectivity index (χ1) is 7.99. The summed E-state index contributed by atoms with van der Waals surface area (Å²) in [6.45, 7) is 4.18. The van der Waals surface area contributed by atoms with Crippen molar-refractivity contribution in [3.05, 3.63) is 22.5 Å². The zero-order valence-electron chi connectivity index (χ0n) is 9.62. The van der Waals surface area contributed by atoms with Crippen molar-refractivity contribution in [3.8, 4) is 0 Å². The fourth-order valence-electron chi connectivity index (χ4n) is 1.00. The molecule has 0 bridgehead atoms. The smallest absolute Gasteiger partial charge is 0.273 e. The first kappa shape index (κ1) is 13.1. The molecule has 8 heteroatoms. The van der Waals surface area contributed by atoms with Crippen LogP contribution in [0.5, 0.6) is 0 Å². The molecule has 1 amide bonds. The summed E-state index contributed by atoms with van der Waals surface area (Å²) < 4.78 is 1.17. The van der Waals surface area contributed by atoms with Gasteiger partial charge in [-0.05, 0) is 5.92 Å². The van der Waals surface area contributed by atoms with Gasteiger partial charge in [-0.3, -0.25) is 24.4 Å². The van der Waals surface area contributed by atoms with Crippen LogP contribution in [0, 0.1) is 16.0 Å². The van der Waals surface area contributed by atoms with Crippen molar-refractivity contribution < 1.29 is 14.6 Å². The minimum atomic E-state index is -0.573. The lowest BCUT2D eigenvalue weighted by Crippen LogP contribution is -2.29. The predicted molar refractivity (Wildman–Crippen MR) is 57.8 cm³/mol. The summed E-state index contributed by atoms with van der Waals surface area (Å²) in [5.41, 5.74) is 2.08. The molecule has 0 aliphatic heterocycles. The Bertz CT molecular complexity index is 401. The van der Waals surface area contributed by atoms with Gasteiger partial charge in [0.15, 0.2) is 0 Å². The highest BCUT2D eigenvalue weighted by Crippen LogP contribution is 2.07. The maximum atomic E-state index is 11.3. The third-order valence-corrected chi connectivity index (χ3v) is 1.74. The van der Waals surface area contributed by atoms with Crippen molar-refractivity contribution >= 4 is 11.6 Å². The second kappa shape index (κ2) is 5.94. The molecule has 0 saturated heterocycles. The number of nitrogens with zero attached hydrogens (tertiary/aromatic N) is 3. The largest absolute Gasteiger partial charge is 0.307 e. The summed E-state index contributed by atoms with van der Waals surface area (Å²) in [7, 11) is 0. The van der Waals surface area contributed by atoms with Crippen molar-refractivity contribution in [2.45, 2.75) is 20.4 Å². The predicted octanol–water partition coefficient (Wildman–Crippen LogP) is 0.495. The van der Waals surface area contributed by atoms with Gasteiger partial charge in [-0.15, -0.1) is 0 Å². The second-order valence-corrected chi connectivity index (χ2v) is 3.88. The molecule has 94 valence electrons. The van der Waals surface area contributed by atoms with E-state index in [0.717, 1.165) is 6.20 Å². The van der Waals surface area contributed by atoms with Gasteiger partial charge in [0.2, 0.25) is 0 Å². The van der Waals surface area contributed by atoms with Gasteiger partial charge >= 0.3 is 5.69 Å². The van der Waals surface area contributed by atoms with Crippen LogP contribution in [0.25, 0.3) is 0 Å². The molecule has 0 fully saturated rings. The lowest BCUT2D eigenvalue weighted by atomic mass is 10.2. The average molecular weight is 242 g/mol. The maximum absolute atomic E-state index is 11.3. The van der Waals surface area contributed by atoms with Crippen LogP contribution in [-0.4, -0.2) is 27.2 Å². The molecule has 1 heterocycles. The number of carbonyl (C=O) groups excluding carboxylic acids is 1. The average Bonchev–Trinajstić information content (AvgIpc) is 2.65. The molecule has 8 nitrogen and oxygen atoms in total. The van der Waals surface area contributed by atoms with Crippen LogP contribution in [0.4, 0.5) is 5.69 Å². The number of nitrogens with one attached hydrogen (secondary N) is 1. The monoisotopic (exact) mass is 242 g/mol. The number of hydroxylamine groups is 1. The third-order valence-electron chi connectivity index (χ3n) is 1.74. The Labute approximate surface area is 97.7 Å². The van der Waals surface area contributed by atoms with Gasteiger partial charge in [0.25, 0.3) is 5.91 Å². The quantitative estimate of drug-likeness (QED) is 0.578. The Hall–Kier alpha value is -1.96. The minimum Gasteiger partial charge on any atom is -0.273 e. The molecule has 0 spiro atoms. The molecule has 1 N–H and O–H groups in total. The Kier molecular flexibility index (Phi) is 4.58. The molecule has 17 heavy (non-hydrogen) atoms. The Morgan fingerprint density at radius 3 is 2.94 bits per heavy atom. The van der Waals surface area contributed by atoms with E-state index in [1.165, 1.54) is 10.9 Å². The molecular formula is C9H14N4O4. The van der Waals surface area contributed by atoms with Crippen LogP contribution < -0.4 is 5.48 Å². The number of nitro groups is 1. The standard InChI is InChI=1S/C9H14N4O4/c1-7(2)6-17-11-9(14)5-12-4-8(3-10-12)13(15)16/h3-4,7H,5-6H2,1-2H3,(H,11,14). The Balaban J connectivity index is 2.37. The van der Waals surface area contributed by atoms with Crippen LogP contribution in [0.15, 0.2) is 12.4 Å². The molecule has 0 atom stereocenters. The van der Waals surface area contributed by atoms with Crippen LogP contribution in [0.3, 0.4) is 0 Å². The molecule has 1 rings (SSSR count). The van der Waals surface area contributed by atoms with Crippen LogP contribution in [-0.2, 0) is 16.2 Å². The fraction of sp³-hybridized carbons (Fsp3) is 0.556. The van der Waals surface area contributed by atoms with Gasteiger partial charge < -0.3 is 0 Å². The first-order valence-corrected chi connectivity index (χ1v) is 5.06. The molecule has 0 radical (unpaired) electrons. The zero-order chi connectivity index (χ0) is 12.8. The Morgan fingerprint density at radius 1 is 1.71 bits per heavy atom.